The number of hydrogen-bond donors (Lipinski definition) is 0. The summed E-state index contributed by atoms with van der Waals surface area (Å²) < 4.78 is 2.64. The lowest BCUT2D eigenvalue weighted by Gasteiger charge is -2.11. The molecule has 0 aliphatic rings. The van der Waals surface area contributed by atoms with Crippen LogP contribution in [0, 0.1) is 7.14 Å². The molecule has 18 heavy (non-hydrogen) atoms. The van der Waals surface area contributed by atoms with Crippen LogP contribution in [-0.4, -0.2) is 0 Å². The standard InChI is InChI=1S/C16H10I2/c17-14-10-12-8-4-5-9-13(12)16(18)15(14)11-6-2-1-3-7-11/h1-10H. The van der Waals surface area contributed by atoms with E-state index in [9.17, 15) is 0 Å². The molecule has 0 unspecified atom stereocenters. The first-order valence-electron chi connectivity index (χ1n) is 5.69. The molecule has 0 saturated carbocycles. The Morgan fingerprint density at radius 2 is 1.39 bits per heavy atom. The molecule has 0 atom stereocenters. The van der Waals surface area contributed by atoms with Gasteiger partial charge in [0, 0.05) is 12.7 Å². The SMILES string of the molecule is Ic1cc2ccccc2c(I)c1-c1ccccc1. The topological polar surface area (TPSA) is 0 Å². The van der Waals surface area contributed by atoms with Crippen molar-refractivity contribution in [2.75, 3.05) is 0 Å². The zero-order valence-electron chi connectivity index (χ0n) is 9.53. The molecule has 0 N–H and O–H groups in total. The fraction of sp³-hybridized carbons (Fsp3) is 0. The largest absolute Gasteiger partial charge is 0.0622 e. The third-order valence-corrected chi connectivity index (χ3v) is 4.97. The fourth-order valence-corrected chi connectivity index (χ4v) is 4.67. The average molecular weight is 456 g/mol. The van der Waals surface area contributed by atoms with Crippen molar-refractivity contribution in [2.45, 2.75) is 0 Å². The van der Waals surface area contributed by atoms with E-state index < -0.39 is 0 Å². The first-order valence-corrected chi connectivity index (χ1v) is 7.85. The molecule has 0 bridgehead atoms. The summed E-state index contributed by atoms with van der Waals surface area (Å²) in [6, 6.07) is 21.4. The summed E-state index contributed by atoms with van der Waals surface area (Å²) in [4.78, 5) is 0. The number of halogens is 2. The van der Waals surface area contributed by atoms with Gasteiger partial charge >= 0.3 is 0 Å². The highest BCUT2D eigenvalue weighted by molar-refractivity contribution is 14.1. The second kappa shape index (κ2) is 5.17. The van der Waals surface area contributed by atoms with E-state index in [1.165, 1.54) is 29.0 Å². The normalized spacial score (nSPS) is 10.8. The number of benzene rings is 3. The molecular weight excluding hydrogens is 446 g/mol. The van der Waals surface area contributed by atoms with Crippen molar-refractivity contribution >= 4 is 56.0 Å². The van der Waals surface area contributed by atoms with Gasteiger partial charge in [0.05, 0.1) is 0 Å². The molecule has 3 rings (SSSR count). The van der Waals surface area contributed by atoms with Gasteiger partial charge in [-0.25, -0.2) is 0 Å². The van der Waals surface area contributed by atoms with E-state index in [0.717, 1.165) is 0 Å². The van der Waals surface area contributed by atoms with Gasteiger partial charge in [0.2, 0.25) is 0 Å². The highest BCUT2D eigenvalue weighted by atomic mass is 127. The lowest BCUT2D eigenvalue weighted by atomic mass is 10.0. The summed E-state index contributed by atoms with van der Waals surface area (Å²) >= 11 is 4.90. The van der Waals surface area contributed by atoms with Crippen LogP contribution in [0.3, 0.4) is 0 Å². The van der Waals surface area contributed by atoms with Gasteiger partial charge in [-0.2, -0.15) is 0 Å². The van der Waals surface area contributed by atoms with E-state index in [4.69, 9.17) is 0 Å². The predicted molar refractivity (Wildman–Crippen MR) is 94.8 cm³/mol. The van der Waals surface area contributed by atoms with Crippen molar-refractivity contribution in [3.8, 4) is 11.1 Å². The smallest absolute Gasteiger partial charge is 0.0297 e. The van der Waals surface area contributed by atoms with Crippen LogP contribution in [-0.2, 0) is 0 Å². The van der Waals surface area contributed by atoms with Gasteiger partial charge in [0.15, 0.2) is 0 Å². The summed E-state index contributed by atoms with van der Waals surface area (Å²) in [5.74, 6) is 0. The predicted octanol–water partition coefficient (Wildman–Crippen LogP) is 5.72. The maximum absolute atomic E-state index is 2.46. The molecule has 0 fully saturated rings. The van der Waals surface area contributed by atoms with Crippen LogP contribution in [0.15, 0.2) is 60.7 Å². The second-order valence-electron chi connectivity index (χ2n) is 4.13. The third kappa shape index (κ3) is 2.16. The molecule has 0 spiro atoms. The van der Waals surface area contributed by atoms with Gasteiger partial charge < -0.3 is 0 Å². The minimum Gasteiger partial charge on any atom is -0.0622 e. The van der Waals surface area contributed by atoms with Gasteiger partial charge in [-0.05, 0) is 67.6 Å². The van der Waals surface area contributed by atoms with E-state index in [1.54, 1.807) is 0 Å². The van der Waals surface area contributed by atoms with Crippen molar-refractivity contribution in [2.24, 2.45) is 0 Å². The zero-order valence-corrected chi connectivity index (χ0v) is 13.8. The molecule has 88 valence electrons. The fourth-order valence-electron chi connectivity index (χ4n) is 2.14. The monoisotopic (exact) mass is 456 g/mol. The van der Waals surface area contributed by atoms with Crippen molar-refractivity contribution in [3.05, 3.63) is 67.8 Å². The summed E-state index contributed by atoms with van der Waals surface area (Å²) in [7, 11) is 0. The van der Waals surface area contributed by atoms with E-state index in [-0.39, 0.29) is 0 Å². The Hall–Kier alpha value is -0.620. The number of rotatable bonds is 1. The Morgan fingerprint density at radius 1 is 0.722 bits per heavy atom. The van der Waals surface area contributed by atoms with Crippen LogP contribution in [0.1, 0.15) is 0 Å². The average Bonchev–Trinajstić information content (AvgIpc) is 2.40. The molecule has 0 aromatic heterocycles. The molecule has 3 aromatic carbocycles. The summed E-state index contributed by atoms with van der Waals surface area (Å²) in [6.07, 6.45) is 0. The molecule has 0 saturated heterocycles. The number of fused-ring (bicyclic) bond motifs is 1. The van der Waals surface area contributed by atoms with Gasteiger partial charge in [0.1, 0.15) is 0 Å². The van der Waals surface area contributed by atoms with E-state index in [1.807, 2.05) is 0 Å². The zero-order chi connectivity index (χ0) is 12.5. The molecule has 3 aromatic rings. The van der Waals surface area contributed by atoms with Crippen LogP contribution >= 0.6 is 45.2 Å². The van der Waals surface area contributed by atoms with Crippen molar-refractivity contribution in [1.29, 1.82) is 0 Å². The summed E-state index contributed by atoms with van der Waals surface area (Å²) in [5.41, 5.74) is 2.63. The molecule has 0 aliphatic carbocycles. The number of hydrogen-bond acceptors (Lipinski definition) is 0. The first kappa shape index (κ1) is 12.4. The maximum Gasteiger partial charge on any atom is 0.0297 e. The van der Waals surface area contributed by atoms with Crippen molar-refractivity contribution in [3.63, 3.8) is 0 Å². The lowest BCUT2D eigenvalue weighted by Crippen LogP contribution is -1.89. The summed E-state index contributed by atoms with van der Waals surface area (Å²) in [6.45, 7) is 0. The van der Waals surface area contributed by atoms with Crippen LogP contribution in [0.2, 0.25) is 0 Å². The molecule has 0 heterocycles. The Labute approximate surface area is 134 Å². The van der Waals surface area contributed by atoms with Crippen LogP contribution in [0.4, 0.5) is 0 Å². The van der Waals surface area contributed by atoms with Gasteiger partial charge in [-0.15, -0.1) is 0 Å². The molecular formula is C16H10I2. The first-order chi connectivity index (χ1) is 8.77. The molecule has 2 heteroatoms. The molecule has 0 radical (unpaired) electrons. The Morgan fingerprint density at radius 3 is 2.17 bits per heavy atom. The van der Waals surface area contributed by atoms with Gasteiger partial charge in [-0.1, -0.05) is 54.6 Å². The van der Waals surface area contributed by atoms with Crippen molar-refractivity contribution in [1.82, 2.24) is 0 Å². The quantitative estimate of drug-likeness (QED) is 0.412. The Kier molecular flexibility index (Phi) is 3.56. The molecule has 0 nitrogen and oxygen atoms in total. The Balaban J connectivity index is 2.37. The minimum atomic E-state index is 1.29. The van der Waals surface area contributed by atoms with E-state index in [2.05, 4.69) is 106 Å². The maximum atomic E-state index is 2.46. The highest BCUT2D eigenvalue weighted by Crippen LogP contribution is 2.35. The third-order valence-electron chi connectivity index (χ3n) is 3.00. The second-order valence-corrected chi connectivity index (χ2v) is 6.38. The van der Waals surface area contributed by atoms with E-state index >= 15 is 0 Å². The van der Waals surface area contributed by atoms with Crippen LogP contribution in [0.5, 0.6) is 0 Å². The molecule has 0 amide bonds. The van der Waals surface area contributed by atoms with Crippen LogP contribution < -0.4 is 0 Å². The lowest BCUT2D eigenvalue weighted by molar-refractivity contribution is 1.58. The van der Waals surface area contributed by atoms with Crippen molar-refractivity contribution < 1.29 is 0 Å². The van der Waals surface area contributed by atoms with E-state index in [0.29, 0.717) is 0 Å². The summed E-state index contributed by atoms with van der Waals surface area (Å²) in [5, 5.41) is 2.64. The van der Waals surface area contributed by atoms with Gasteiger partial charge in [-0.3, -0.25) is 0 Å². The molecule has 0 aliphatic heterocycles. The van der Waals surface area contributed by atoms with Crippen LogP contribution in [0.25, 0.3) is 21.9 Å². The Bertz CT molecular complexity index is 703. The highest BCUT2D eigenvalue weighted by Gasteiger charge is 2.11. The minimum absolute atomic E-state index is 1.29. The van der Waals surface area contributed by atoms with Gasteiger partial charge in [0.25, 0.3) is 0 Å².